The van der Waals surface area contributed by atoms with Crippen LogP contribution < -0.4 is 0 Å². The summed E-state index contributed by atoms with van der Waals surface area (Å²) in [5.41, 5.74) is 2.04. The van der Waals surface area contributed by atoms with E-state index >= 15 is 0 Å². The van der Waals surface area contributed by atoms with Gasteiger partial charge in [0.05, 0.1) is 5.69 Å². The Morgan fingerprint density at radius 2 is 2.07 bits per heavy atom. The molecule has 1 aromatic carbocycles. The van der Waals surface area contributed by atoms with Gasteiger partial charge in [0.25, 0.3) is 0 Å². The molecule has 0 aliphatic carbocycles. The fourth-order valence-electron chi connectivity index (χ4n) is 1.24. The van der Waals surface area contributed by atoms with Crippen molar-refractivity contribution in [1.82, 2.24) is 4.98 Å². The van der Waals surface area contributed by atoms with Crippen LogP contribution in [-0.2, 0) is 0 Å². The van der Waals surface area contributed by atoms with Crippen molar-refractivity contribution in [2.45, 2.75) is 13.8 Å². The Morgan fingerprint density at radius 3 is 2.64 bits per heavy atom. The van der Waals surface area contributed by atoms with E-state index in [4.69, 9.17) is 0 Å². The van der Waals surface area contributed by atoms with Crippen LogP contribution in [0.2, 0.25) is 0 Å². The molecule has 2 aromatic rings. The molecule has 0 saturated carbocycles. The predicted molar refractivity (Wildman–Crippen MR) is 58.7 cm³/mol. The van der Waals surface area contributed by atoms with E-state index in [0.29, 0.717) is 0 Å². The van der Waals surface area contributed by atoms with Crippen molar-refractivity contribution in [2.75, 3.05) is 0 Å². The van der Waals surface area contributed by atoms with Gasteiger partial charge in [-0.3, -0.25) is 0 Å². The zero-order valence-corrected chi connectivity index (χ0v) is 8.93. The molecule has 0 unspecified atom stereocenters. The Balaban J connectivity index is 2.49. The highest BCUT2D eigenvalue weighted by atomic mass is 32.1. The van der Waals surface area contributed by atoms with E-state index in [9.17, 15) is 5.11 Å². The fraction of sp³-hybridized carbons (Fsp3) is 0.182. The van der Waals surface area contributed by atoms with Crippen LogP contribution in [0.25, 0.3) is 10.6 Å². The molecule has 3 heteroatoms. The molecule has 0 spiro atoms. The van der Waals surface area contributed by atoms with Gasteiger partial charge < -0.3 is 5.11 Å². The number of phenols is 1. The molecule has 0 saturated heterocycles. The summed E-state index contributed by atoms with van der Waals surface area (Å²) in [6.45, 7) is 4.05. The van der Waals surface area contributed by atoms with Gasteiger partial charge in [-0.25, -0.2) is 4.98 Å². The summed E-state index contributed by atoms with van der Waals surface area (Å²) < 4.78 is 0. The molecule has 0 amide bonds. The maximum atomic E-state index is 9.33. The zero-order chi connectivity index (χ0) is 10.1. The molecule has 1 N–H and O–H groups in total. The normalized spacial score (nSPS) is 10.4. The SMILES string of the molecule is Cc1nc(-c2cccc(O)c2)sc1C. The van der Waals surface area contributed by atoms with Gasteiger partial charge in [-0.05, 0) is 26.0 Å². The van der Waals surface area contributed by atoms with E-state index in [1.165, 1.54) is 4.88 Å². The number of benzene rings is 1. The summed E-state index contributed by atoms with van der Waals surface area (Å²) in [4.78, 5) is 5.65. The number of hydrogen-bond acceptors (Lipinski definition) is 3. The number of hydrogen-bond donors (Lipinski definition) is 1. The summed E-state index contributed by atoms with van der Waals surface area (Å²) in [7, 11) is 0. The van der Waals surface area contributed by atoms with Crippen LogP contribution in [0.3, 0.4) is 0 Å². The fourth-order valence-corrected chi connectivity index (χ4v) is 2.15. The van der Waals surface area contributed by atoms with E-state index in [2.05, 4.69) is 11.9 Å². The largest absolute Gasteiger partial charge is 0.508 e. The molecule has 0 fully saturated rings. The topological polar surface area (TPSA) is 33.1 Å². The van der Waals surface area contributed by atoms with Crippen LogP contribution in [0.15, 0.2) is 24.3 Å². The van der Waals surface area contributed by atoms with Crippen LogP contribution in [0.5, 0.6) is 5.75 Å². The van der Waals surface area contributed by atoms with Gasteiger partial charge in [-0.15, -0.1) is 11.3 Å². The molecule has 0 radical (unpaired) electrons. The summed E-state index contributed by atoms with van der Waals surface area (Å²) in [6.07, 6.45) is 0. The van der Waals surface area contributed by atoms with Gasteiger partial charge in [0.1, 0.15) is 10.8 Å². The van der Waals surface area contributed by atoms with Gasteiger partial charge >= 0.3 is 0 Å². The second-order valence-corrected chi connectivity index (χ2v) is 4.41. The van der Waals surface area contributed by atoms with E-state index in [1.807, 2.05) is 19.1 Å². The third-order valence-electron chi connectivity index (χ3n) is 2.12. The van der Waals surface area contributed by atoms with Crippen LogP contribution in [-0.4, -0.2) is 10.1 Å². The van der Waals surface area contributed by atoms with E-state index < -0.39 is 0 Å². The van der Waals surface area contributed by atoms with Gasteiger partial charge in [0, 0.05) is 10.4 Å². The third-order valence-corrected chi connectivity index (χ3v) is 3.24. The molecule has 0 bridgehead atoms. The second-order valence-electron chi connectivity index (χ2n) is 3.21. The Morgan fingerprint density at radius 1 is 1.29 bits per heavy atom. The van der Waals surface area contributed by atoms with Crippen molar-refractivity contribution in [3.63, 3.8) is 0 Å². The molecule has 1 heterocycles. The number of aromatic hydroxyl groups is 1. The molecule has 0 aliphatic rings. The van der Waals surface area contributed by atoms with Gasteiger partial charge in [0.2, 0.25) is 0 Å². The minimum Gasteiger partial charge on any atom is -0.508 e. The van der Waals surface area contributed by atoms with Crippen molar-refractivity contribution < 1.29 is 5.11 Å². The van der Waals surface area contributed by atoms with Crippen molar-refractivity contribution >= 4 is 11.3 Å². The Labute approximate surface area is 86.9 Å². The van der Waals surface area contributed by atoms with Crippen molar-refractivity contribution in [1.29, 1.82) is 0 Å². The van der Waals surface area contributed by atoms with Gasteiger partial charge in [-0.2, -0.15) is 0 Å². The molecule has 2 rings (SSSR count). The van der Waals surface area contributed by atoms with Crippen LogP contribution >= 0.6 is 11.3 Å². The molecule has 72 valence electrons. The lowest BCUT2D eigenvalue weighted by atomic mass is 10.2. The smallest absolute Gasteiger partial charge is 0.123 e. The van der Waals surface area contributed by atoms with Crippen molar-refractivity contribution in [3.8, 4) is 16.3 Å². The second kappa shape index (κ2) is 3.42. The molecule has 0 atom stereocenters. The lowest BCUT2D eigenvalue weighted by molar-refractivity contribution is 0.475. The lowest BCUT2D eigenvalue weighted by Gasteiger charge is -1.96. The van der Waals surface area contributed by atoms with Crippen LogP contribution in [0.4, 0.5) is 0 Å². The summed E-state index contributed by atoms with van der Waals surface area (Å²) >= 11 is 1.65. The van der Waals surface area contributed by atoms with Crippen LogP contribution in [0, 0.1) is 13.8 Å². The number of thiazole rings is 1. The summed E-state index contributed by atoms with van der Waals surface area (Å²) in [5.74, 6) is 0.285. The van der Waals surface area contributed by atoms with Crippen molar-refractivity contribution in [3.05, 3.63) is 34.8 Å². The highest BCUT2D eigenvalue weighted by Gasteiger charge is 2.05. The first-order valence-corrected chi connectivity index (χ1v) is 5.22. The molecule has 1 aromatic heterocycles. The molecule has 2 nitrogen and oxygen atoms in total. The quantitative estimate of drug-likeness (QED) is 0.775. The van der Waals surface area contributed by atoms with Crippen molar-refractivity contribution in [2.24, 2.45) is 0 Å². The Hall–Kier alpha value is -1.35. The Kier molecular flexibility index (Phi) is 2.25. The molecular weight excluding hydrogens is 194 g/mol. The minimum atomic E-state index is 0.285. The number of aromatic nitrogens is 1. The Bertz CT molecular complexity index is 443. The highest BCUT2D eigenvalue weighted by Crippen LogP contribution is 2.28. The minimum absolute atomic E-state index is 0.285. The maximum Gasteiger partial charge on any atom is 0.123 e. The monoisotopic (exact) mass is 205 g/mol. The van der Waals surface area contributed by atoms with Gasteiger partial charge in [-0.1, -0.05) is 12.1 Å². The summed E-state index contributed by atoms with van der Waals surface area (Å²) in [5, 5.41) is 10.3. The molecule has 0 aliphatic heterocycles. The zero-order valence-electron chi connectivity index (χ0n) is 8.11. The van der Waals surface area contributed by atoms with Gasteiger partial charge in [0.15, 0.2) is 0 Å². The third kappa shape index (κ3) is 1.63. The van der Waals surface area contributed by atoms with E-state index in [0.717, 1.165) is 16.3 Å². The highest BCUT2D eigenvalue weighted by molar-refractivity contribution is 7.15. The standard InChI is InChI=1S/C11H11NOS/c1-7-8(2)14-11(12-7)9-4-3-5-10(13)6-9/h3-6,13H,1-2H3. The van der Waals surface area contributed by atoms with Crippen LogP contribution in [0.1, 0.15) is 10.6 Å². The maximum absolute atomic E-state index is 9.33. The average Bonchev–Trinajstić information content (AvgIpc) is 2.47. The van der Waals surface area contributed by atoms with E-state index in [1.54, 1.807) is 23.5 Å². The first-order chi connectivity index (χ1) is 6.66. The first-order valence-electron chi connectivity index (χ1n) is 4.40. The predicted octanol–water partition coefficient (Wildman–Crippen LogP) is 3.13. The molecule has 14 heavy (non-hydrogen) atoms. The lowest BCUT2D eigenvalue weighted by Crippen LogP contribution is -1.76. The average molecular weight is 205 g/mol. The summed E-state index contributed by atoms with van der Waals surface area (Å²) in [6, 6.07) is 7.18. The number of rotatable bonds is 1. The first kappa shape index (κ1) is 9.21. The molecular formula is C11H11NOS. The number of phenolic OH excluding ortho intramolecular Hbond substituents is 1. The number of aryl methyl sites for hydroxylation is 2. The number of nitrogens with zero attached hydrogens (tertiary/aromatic N) is 1. The van der Waals surface area contributed by atoms with E-state index in [-0.39, 0.29) is 5.75 Å².